The van der Waals surface area contributed by atoms with Crippen LogP contribution in [0.5, 0.6) is 0 Å². The molecule has 2 atom stereocenters. The fourth-order valence-corrected chi connectivity index (χ4v) is 2.83. The van der Waals surface area contributed by atoms with Crippen molar-refractivity contribution < 1.29 is 0 Å². The molecular formula is C15H23N. The number of aryl methyl sites for hydroxylation is 1. The molecule has 1 aliphatic heterocycles. The Balaban J connectivity index is 2.26. The second kappa shape index (κ2) is 5.01. The Bertz CT molecular complexity index is 356. The van der Waals surface area contributed by atoms with E-state index >= 15 is 0 Å². The third kappa shape index (κ3) is 2.15. The molecule has 1 aromatic rings. The van der Waals surface area contributed by atoms with Crippen LogP contribution in [0.1, 0.15) is 56.2 Å². The molecule has 0 bridgehead atoms. The highest BCUT2D eigenvalue weighted by molar-refractivity contribution is 5.37. The van der Waals surface area contributed by atoms with Crippen LogP contribution in [0.4, 0.5) is 0 Å². The van der Waals surface area contributed by atoms with E-state index in [1.807, 2.05) is 0 Å². The maximum atomic E-state index is 3.64. The summed E-state index contributed by atoms with van der Waals surface area (Å²) in [5.74, 6) is 0.657. The van der Waals surface area contributed by atoms with Crippen LogP contribution in [0, 0.1) is 0 Å². The van der Waals surface area contributed by atoms with Crippen molar-refractivity contribution >= 4 is 0 Å². The van der Waals surface area contributed by atoms with Crippen molar-refractivity contribution in [1.29, 1.82) is 0 Å². The second-order valence-corrected chi connectivity index (χ2v) is 4.97. The molecule has 1 heteroatoms. The first-order chi connectivity index (χ1) is 7.76. The summed E-state index contributed by atoms with van der Waals surface area (Å²) < 4.78 is 0. The van der Waals surface area contributed by atoms with Crippen LogP contribution in [0.3, 0.4) is 0 Å². The Morgan fingerprint density at radius 1 is 1.31 bits per heavy atom. The molecule has 0 saturated heterocycles. The zero-order chi connectivity index (χ0) is 11.5. The minimum absolute atomic E-state index is 0.657. The Hall–Kier alpha value is -0.820. The SMILES string of the molecule is CCCc1ccc2c(c1)CNC(CC)C2C. The molecule has 1 N–H and O–H groups in total. The van der Waals surface area contributed by atoms with E-state index in [9.17, 15) is 0 Å². The molecule has 1 nitrogen and oxygen atoms in total. The van der Waals surface area contributed by atoms with Crippen LogP contribution >= 0.6 is 0 Å². The molecule has 0 aromatic heterocycles. The molecule has 2 unspecified atom stereocenters. The molecule has 88 valence electrons. The molecule has 0 aliphatic carbocycles. The van der Waals surface area contributed by atoms with Crippen molar-refractivity contribution in [2.45, 2.75) is 58.5 Å². The normalized spacial score (nSPS) is 24.2. The van der Waals surface area contributed by atoms with Crippen LogP contribution < -0.4 is 5.32 Å². The van der Waals surface area contributed by atoms with Gasteiger partial charge in [0.05, 0.1) is 0 Å². The number of benzene rings is 1. The summed E-state index contributed by atoms with van der Waals surface area (Å²) in [7, 11) is 0. The van der Waals surface area contributed by atoms with Gasteiger partial charge in [0.25, 0.3) is 0 Å². The van der Waals surface area contributed by atoms with E-state index in [0.29, 0.717) is 12.0 Å². The van der Waals surface area contributed by atoms with Gasteiger partial charge in [-0.25, -0.2) is 0 Å². The van der Waals surface area contributed by atoms with Crippen molar-refractivity contribution in [3.8, 4) is 0 Å². The molecule has 1 aromatic carbocycles. The first kappa shape index (κ1) is 11.7. The Morgan fingerprint density at radius 2 is 2.12 bits per heavy atom. The van der Waals surface area contributed by atoms with Gasteiger partial charge in [0.2, 0.25) is 0 Å². The van der Waals surface area contributed by atoms with Gasteiger partial charge in [-0.3, -0.25) is 0 Å². The van der Waals surface area contributed by atoms with Crippen LogP contribution in [0.15, 0.2) is 18.2 Å². The lowest BCUT2D eigenvalue weighted by Gasteiger charge is -2.32. The van der Waals surface area contributed by atoms with Gasteiger partial charge in [-0.1, -0.05) is 45.4 Å². The van der Waals surface area contributed by atoms with Gasteiger partial charge in [-0.15, -0.1) is 0 Å². The van der Waals surface area contributed by atoms with Crippen molar-refractivity contribution in [2.75, 3.05) is 0 Å². The first-order valence-electron chi connectivity index (χ1n) is 6.61. The largest absolute Gasteiger partial charge is 0.309 e. The van der Waals surface area contributed by atoms with Crippen LogP contribution in [0.25, 0.3) is 0 Å². The summed E-state index contributed by atoms with van der Waals surface area (Å²) in [4.78, 5) is 0. The van der Waals surface area contributed by atoms with Gasteiger partial charge >= 0.3 is 0 Å². The average molecular weight is 217 g/mol. The zero-order valence-corrected chi connectivity index (χ0v) is 10.7. The fraction of sp³-hybridized carbons (Fsp3) is 0.600. The van der Waals surface area contributed by atoms with Crippen LogP contribution in [-0.2, 0) is 13.0 Å². The van der Waals surface area contributed by atoms with Gasteiger partial charge in [0, 0.05) is 12.6 Å². The lowest BCUT2D eigenvalue weighted by atomic mass is 9.84. The van der Waals surface area contributed by atoms with E-state index in [1.54, 1.807) is 5.56 Å². The smallest absolute Gasteiger partial charge is 0.0211 e. The van der Waals surface area contributed by atoms with Crippen LogP contribution in [-0.4, -0.2) is 6.04 Å². The van der Waals surface area contributed by atoms with Gasteiger partial charge < -0.3 is 5.32 Å². The molecule has 2 rings (SSSR count). The molecule has 16 heavy (non-hydrogen) atoms. The molecule has 0 fully saturated rings. The summed E-state index contributed by atoms with van der Waals surface area (Å²) in [6.45, 7) is 7.91. The van der Waals surface area contributed by atoms with E-state index in [1.165, 1.54) is 30.4 Å². The standard InChI is InChI=1S/C15H23N/c1-4-6-12-7-8-14-11(3)15(5-2)16-10-13(14)9-12/h7-9,11,15-16H,4-6,10H2,1-3H3. The van der Waals surface area contributed by atoms with E-state index in [0.717, 1.165) is 6.54 Å². The maximum Gasteiger partial charge on any atom is 0.0211 e. The summed E-state index contributed by atoms with van der Waals surface area (Å²) in [5, 5.41) is 3.64. The Kier molecular flexibility index (Phi) is 3.65. The summed E-state index contributed by atoms with van der Waals surface area (Å²) in [6, 6.07) is 7.73. The lowest BCUT2D eigenvalue weighted by molar-refractivity contribution is 0.409. The first-order valence-corrected chi connectivity index (χ1v) is 6.61. The molecule has 0 amide bonds. The number of hydrogen-bond acceptors (Lipinski definition) is 1. The number of nitrogens with one attached hydrogen (secondary N) is 1. The number of fused-ring (bicyclic) bond motifs is 1. The minimum atomic E-state index is 0.657. The summed E-state index contributed by atoms with van der Waals surface area (Å²) in [5.41, 5.74) is 4.57. The third-order valence-electron chi connectivity index (χ3n) is 3.83. The Labute approximate surface area is 99.3 Å². The van der Waals surface area contributed by atoms with E-state index in [4.69, 9.17) is 0 Å². The molecule has 0 radical (unpaired) electrons. The van der Waals surface area contributed by atoms with Gasteiger partial charge in [0.1, 0.15) is 0 Å². The topological polar surface area (TPSA) is 12.0 Å². The van der Waals surface area contributed by atoms with Gasteiger partial charge in [-0.05, 0) is 35.4 Å². The predicted octanol–water partition coefficient (Wildman–Crippen LogP) is 3.62. The average Bonchev–Trinajstić information content (AvgIpc) is 2.30. The number of rotatable bonds is 3. The minimum Gasteiger partial charge on any atom is -0.309 e. The summed E-state index contributed by atoms with van der Waals surface area (Å²) in [6.07, 6.45) is 3.66. The van der Waals surface area contributed by atoms with E-state index in [-0.39, 0.29) is 0 Å². The molecule has 1 aliphatic rings. The summed E-state index contributed by atoms with van der Waals surface area (Å²) >= 11 is 0. The van der Waals surface area contributed by atoms with Crippen molar-refractivity contribution in [3.05, 3.63) is 34.9 Å². The van der Waals surface area contributed by atoms with Gasteiger partial charge in [-0.2, -0.15) is 0 Å². The molecule has 0 saturated carbocycles. The molecule has 0 spiro atoms. The molecule has 1 heterocycles. The van der Waals surface area contributed by atoms with E-state index < -0.39 is 0 Å². The Morgan fingerprint density at radius 3 is 2.81 bits per heavy atom. The van der Waals surface area contributed by atoms with Crippen molar-refractivity contribution in [1.82, 2.24) is 5.32 Å². The van der Waals surface area contributed by atoms with E-state index in [2.05, 4.69) is 44.3 Å². The monoisotopic (exact) mass is 217 g/mol. The van der Waals surface area contributed by atoms with Crippen LogP contribution in [0.2, 0.25) is 0 Å². The quantitative estimate of drug-likeness (QED) is 0.815. The second-order valence-electron chi connectivity index (χ2n) is 4.97. The lowest BCUT2D eigenvalue weighted by Crippen LogP contribution is -2.37. The zero-order valence-electron chi connectivity index (χ0n) is 10.7. The highest BCUT2D eigenvalue weighted by atomic mass is 14.9. The predicted molar refractivity (Wildman–Crippen MR) is 69.8 cm³/mol. The third-order valence-corrected chi connectivity index (χ3v) is 3.83. The maximum absolute atomic E-state index is 3.64. The highest BCUT2D eigenvalue weighted by Gasteiger charge is 2.23. The van der Waals surface area contributed by atoms with Gasteiger partial charge in [0.15, 0.2) is 0 Å². The van der Waals surface area contributed by atoms with Crippen molar-refractivity contribution in [2.24, 2.45) is 0 Å². The molecular weight excluding hydrogens is 194 g/mol. The number of hydrogen-bond donors (Lipinski definition) is 1. The van der Waals surface area contributed by atoms with Crippen molar-refractivity contribution in [3.63, 3.8) is 0 Å². The highest BCUT2D eigenvalue weighted by Crippen LogP contribution is 2.29. The fourth-order valence-electron chi connectivity index (χ4n) is 2.83.